The van der Waals surface area contributed by atoms with Crippen molar-refractivity contribution in [1.82, 2.24) is 5.32 Å². The molecule has 4 nitrogen and oxygen atoms in total. The van der Waals surface area contributed by atoms with Crippen LogP contribution in [0.3, 0.4) is 0 Å². The average molecular weight is 386 g/mol. The summed E-state index contributed by atoms with van der Waals surface area (Å²) in [5.41, 5.74) is 1.43. The molecule has 1 saturated carbocycles. The van der Waals surface area contributed by atoms with Crippen molar-refractivity contribution in [3.8, 4) is 0 Å². The highest BCUT2D eigenvalue weighted by molar-refractivity contribution is 7.10. The first kappa shape index (κ1) is 18.7. The Labute approximate surface area is 166 Å². The Morgan fingerprint density at radius 3 is 2.48 bits per heavy atom. The summed E-state index contributed by atoms with van der Waals surface area (Å²) in [6.07, 6.45) is 2.13. The van der Waals surface area contributed by atoms with Gasteiger partial charge in [0, 0.05) is 11.5 Å². The highest BCUT2D eigenvalue weighted by Gasteiger charge is 2.38. The third kappa shape index (κ3) is 4.78. The molecule has 2 heterocycles. The second-order valence-corrected chi connectivity index (χ2v) is 9.11. The van der Waals surface area contributed by atoms with Crippen molar-refractivity contribution in [2.45, 2.75) is 38.4 Å². The van der Waals surface area contributed by atoms with Crippen molar-refractivity contribution in [3.05, 3.63) is 58.3 Å². The molecular weight excluding hydrogens is 354 g/mol. The van der Waals surface area contributed by atoms with Crippen LogP contribution in [0.1, 0.15) is 36.2 Å². The molecule has 0 radical (unpaired) electrons. The molecule has 1 amide bonds. The number of piperazine rings is 1. The third-order valence-electron chi connectivity index (χ3n) is 6.00. The zero-order valence-electron chi connectivity index (χ0n) is 16.1. The Bertz CT molecular complexity index is 721. The van der Waals surface area contributed by atoms with Crippen molar-refractivity contribution >= 4 is 17.2 Å². The van der Waals surface area contributed by atoms with Crippen molar-refractivity contribution in [1.29, 1.82) is 0 Å². The Hall–Kier alpha value is -1.69. The summed E-state index contributed by atoms with van der Waals surface area (Å²) in [4.78, 5) is 17.0. The summed E-state index contributed by atoms with van der Waals surface area (Å²) in [6.45, 7) is 8.01. The van der Waals surface area contributed by atoms with Crippen molar-refractivity contribution in [2.75, 3.05) is 26.2 Å². The summed E-state index contributed by atoms with van der Waals surface area (Å²) in [7, 11) is 0. The Balaban J connectivity index is 1.38. The maximum Gasteiger partial charge on any atom is 0.223 e. The van der Waals surface area contributed by atoms with Gasteiger partial charge in [0.05, 0.1) is 10.9 Å². The first-order valence-electron chi connectivity index (χ1n) is 10.3. The fraction of sp³-hybridized carbons (Fsp3) is 0.500. The monoisotopic (exact) mass is 385 g/mol. The number of nitrogens with one attached hydrogen (secondary N) is 3. The van der Waals surface area contributed by atoms with E-state index in [2.05, 4.69) is 60.1 Å². The summed E-state index contributed by atoms with van der Waals surface area (Å²) >= 11 is 1.83. The number of carbonyl (C=O) groups is 1. The van der Waals surface area contributed by atoms with E-state index in [9.17, 15) is 4.79 Å². The minimum atomic E-state index is 0.183. The van der Waals surface area contributed by atoms with Crippen LogP contribution in [0.5, 0.6) is 0 Å². The molecule has 0 bridgehead atoms. The largest absolute Gasteiger partial charge is 0.347 e. The molecule has 2 aromatic rings. The molecule has 2 fully saturated rings. The van der Waals surface area contributed by atoms with Gasteiger partial charge < -0.3 is 15.1 Å². The van der Waals surface area contributed by atoms with Crippen LogP contribution in [0.2, 0.25) is 0 Å². The van der Waals surface area contributed by atoms with Gasteiger partial charge in [-0.3, -0.25) is 4.79 Å². The predicted octanol–water partition coefficient (Wildman–Crippen LogP) is 0.688. The van der Waals surface area contributed by atoms with Gasteiger partial charge in [0.15, 0.2) is 0 Å². The van der Waals surface area contributed by atoms with Crippen LogP contribution in [0.25, 0.3) is 0 Å². The van der Waals surface area contributed by atoms with E-state index >= 15 is 0 Å². The van der Waals surface area contributed by atoms with Crippen LogP contribution < -0.4 is 15.1 Å². The average Bonchev–Trinajstić information content (AvgIpc) is 3.41. The summed E-state index contributed by atoms with van der Waals surface area (Å²) in [5, 5.41) is 5.48. The first-order chi connectivity index (χ1) is 13.2. The number of carbonyl (C=O) groups excluding carboxylic acids is 1. The van der Waals surface area contributed by atoms with Crippen LogP contribution in [0, 0.1) is 5.92 Å². The maximum absolute atomic E-state index is 12.3. The first-order valence-corrected chi connectivity index (χ1v) is 11.1. The zero-order valence-corrected chi connectivity index (χ0v) is 16.9. The topological polar surface area (TPSA) is 38.0 Å². The molecular formula is C22H31N3OS+2. The molecule has 27 heavy (non-hydrogen) atoms. The van der Waals surface area contributed by atoms with E-state index in [1.54, 1.807) is 9.80 Å². The molecule has 5 heteroatoms. The summed E-state index contributed by atoms with van der Waals surface area (Å²) in [6, 6.07) is 15.7. The fourth-order valence-electron chi connectivity index (χ4n) is 4.34. The lowest BCUT2D eigenvalue weighted by Gasteiger charge is -2.37. The zero-order chi connectivity index (χ0) is 18.6. The Morgan fingerprint density at radius 1 is 1.11 bits per heavy atom. The predicted molar refractivity (Wildman–Crippen MR) is 109 cm³/mol. The number of rotatable bonds is 7. The number of amides is 1. The molecule has 1 aromatic carbocycles. The molecule has 3 N–H and O–H groups in total. The van der Waals surface area contributed by atoms with Crippen molar-refractivity contribution < 1.29 is 14.6 Å². The van der Waals surface area contributed by atoms with Gasteiger partial charge in [0.2, 0.25) is 5.91 Å². The van der Waals surface area contributed by atoms with Crippen LogP contribution in [0.15, 0.2) is 47.8 Å². The Morgan fingerprint density at radius 2 is 1.85 bits per heavy atom. The molecule has 0 unspecified atom stereocenters. The quantitative estimate of drug-likeness (QED) is 0.645. The highest BCUT2D eigenvalue weighted by atomic mass is 32.1. The smallest absolute Gasteiger partial charge is 0.223 e. The molecule has 1 saturated heterocycles. The van der Waals surface area contributed by atoms with Gasteiger partial charge in [-0.25, -0.2) is 0 Å². The molecule has 1 aromatic heterocycles. The molecule has 1 aliphatic carbocycles. The van der Waals surface area contributed by atoms with Gasteiger partial charge in [0.25, 0.3) is 0 Å². The number of hydrogen-bond acceptors (Lipinski definition) is 2. The second-order valence-electron chi connectivity index (χ2n) is 8.14. The van der Waals surface area contributed by atoms with Crippen LogP contribution in [0.4, 0.5) is 0 Å². The lowest BCUT2D eigenvalue weighted by molar-refractivity contribution is -1.03. The number of quaternary nitrogens is 2. The van der Waals surface area contributed by atoms with Gasteiger partial charge in [-0.05, 0) is 31.2 Å². The number of hydrogen-bond donors (Lipinski definition) is 3. The second kappa shape index (κ2) is 8.55. The third-order valence-corrected chi connectivity index (χ3v) is 6.96. The lowest BCUT2D eigenvalue weighted by Crippen LogP contribution is -3.28. The SMILES string of the molecule is C[C@H](NC(=O)C1CC1)[C@@H](c1cccs1)[NH+]1CC[NH+](Cc2ccccc2)CC1. The van der Waals surface area contributed by atoms with Crippen LogP contribution in [-0.2, 0) is 11.3 Å². The highest BCUT2D eigenvalue weighted by Crippen LogP contribution is 2.29. The minimum Gasteiger partial charge on any atom is -0.347 e. The minimum absolute atomic E-state index is 0.183. The van der Waals surface area contributed by atoms with Gasteiger partial charge in [-0.1, -0.05) is 36.4 Å². The van der Waals surface area contributed by atoms with E-state index in [1.165, 1.54) is 23.5 Å². The molecule has 4 rings (SSSR count). The van der Waals surface area contributed by atoms with Crippen LogP contribution >= 0.6 is 11.3 Å². The summed E-state index contributed by atoms with van der Waals surface area (Å²) in [5.74, 6) is 0.537. The molecule has 144 valence electrons. The molecule has 2 aliphatic rings. The molecule has 1 aliphatic heterocycles. The van der Waals surface area contributed by atoms with Gasteiger partial charge >= 0.3 is 0 Å². The van der Waals surface area contributed by atoms with Gasteiger partial charge in [-0.15, -0.1) is 11.3 Å². The van der Waals surface area contributed by atoms with E-state index in [4.69, 9.17) is 0 Å². The van der Waals surface area contributed by atoms with Crippen molar-refractivity contribution in [3.63, 3.8) is 0 Å². The molecule has 2 atom stereocenters. The standard InChI is InChI=1S/C22H29N3OS/c1-17(23-22(26)19-9-10-19)21(20-8-5-15-27-20)25-13-11-24(12-14-25)16-18-6-3-2-4-7-18/h2-8,15,17,19,21H,9-14,16H2,1H3,(H,23,26)/p+2/t17-,21-/m0/s1. The Kier molecular flexibility index (Phi) is 5.91. The summed E-state index contributed by atoms with van der Waals surface area (Å²) < 4.78 is 0. The number of thiophene rings is 1. The van der Waals surface area contributed by atoms with E-state index in [-0.39, 0.29) is 17.9 Å². The van der Waals surface area contributed by atoms with Crippen molar-refractivity contribution in [2.24, 2.45) is 5.92 Å². The van der Waals surface area contributed by atoms with Gasteiger partial charge in [-0.2, -0.15) is 0 Å². The van der Waals surface area contributed by atoms with E-state index in [0.717, 1.165) is 32.5 Å². The van der Waals surface area contributed by atoms with Crippen LogP contribution in [-0.4, -0.2) is 38.1 Å². The maximum atomic E-state index is 12.3. The van der Waals surface area contributed by atoms with E-state index in [0.29, 0.717) is 6.04 Å². The molecule has 0 spiro atoms. The number of benzene rings is 1. The fourth-order valence-corrected chi connectivity index (χ4v) is 5.33. The normalized spacial score (nSPS) is 24.9. The van der Waals surface area contributed by atoms with E-state index in [1.807, 2.05) is 11.3 Å². The van der Waals surface area contributed by atoms with E-state index < -0.39 is 0 Å². The van der Waals surface area contributed by atoms with Gasteiger partial charge in [0.1, 0.15) is 38.8 Å². The lowest BCUT2D eigenvalue weighted by atomic mass is 10.0.